The Morgan fingerprint density at radius 2 is 1.33 bits per heavy atom. The van der Waals surface area contributed by atoms with Crippen LogP contribution in [0.15, 0.2) is 60.7 Å². The third kappa shape index (κ3) is 5.78. The van der Waals surface area contributed by atoms with Crippen LogP contribution in [-0.4, -0.2) is 42.5 Å². The van der Waals surface area contributed by atoms with E-state index in [0.29, 0.717) is 0 Å². The molecule has 3 rings (SSSR count). The van der Waals surface area contributed by atoms with E-state index in [4.69, 9.17) is 11.6 Å². The minimum atomic E-state index is 0. The van der Waals surface area contributed by atoms with Gasteiger partial charge in [0.25, 0.3) is 0 Å². The van der Waals surface area contributed by atoms with Crippen LogP contribution < -0.4 is 0 Å². The fourth-order valence-electron chi connectivity index (χ4n) is 3.14. The third-order valence-electron chi connectivity index (χ3n) is 4.57. The molecule has 1 fully saturated rings. The molecule has 0 aliphatic carbocycles. The van der Waals surface area contributed by atoms with Gasteiger partial charge in [0.15, 0.2) is 0 Å². The second-order valence-electron chi connectivity index (χ2n) is 6.27. The summed E-state index contributed by atoms with van der Waals surface area (Å²) in [6, 6.07) is 21.2. The van der Waals surface area contributed by atoms with Gasteiger partial charge in [-0.2, -0.15) is 0 Å². The fraction of sp³-hybridized carbons (Fsp3) is 0.400. The van der Waals surface area contributed by atoms with E-state index in [1.54, 1.807) is 0 Å². The lowest BCUT2D eigenvalue weighted by molar-refractivity contribution is 0.126. The van der Waals surface area contributed by atoms with Gasteiger partial charge in [0, 0.05) is 32.7 Å². The smallest absolute Gasteiger partial charge is 0.0597 e. The molecular formula is C20H26Cl2N2. The predicted molar refractivity (Wildman–Crippen MR) is 105 cm³/mol. The van der Waals surface area contributed by atoms with Gasteiger partial charge < -0.3 is 4.90 Å². The van der Waals surface area contributed by atoms with Gasteiger partial charge in [-0.15, -0.1) is 24.0 Å². The first kappa shape index (κ1) is 19.3. The van der Waals surface area contributed by atoms with Crippen molar-refractivity contribution in [2.75, 3.05) is 32.7 Å². The molecule has 24 heavy (non-hydrogen) atoms. The summed E-state index contributed by atoms with van der Waals surface area (Å²) in [7, 11) is 0. The Hall–Kier alpha value is -1.06. The first-order valence-electron chi connectivity index (χ1n) is 8.49. The van der Waals surface area contributed by atoms with Gasteiger partial charge in [0.1, 0.15) is 0 Å². The molecule has 0 aromatic heterocycles. The molecule has 0 N–H and O–H groups in total. The first-order valence-corrected chi connectivity index (χ1v) is 8.92. The molecule has 0 spiro atoms. The van der Waals surface area contributed by atoms with Crippen LogP contribution in [0.5, 0.6) is 0 Å². The van der Waals surface area contributed by atoms with Crippen LogP contribution in [0.25, 0.3) is 0 Å². The number of nitrogens with zero attached hydrogens (tertiary/aromatic N) is 2. The lowest BCUT2D eigenvalue weighted by Crippen LogP contribution is -2.46. The molecule has 2 aromatic rings. The van der Waals surface area contributed by atoms with Gasteiger partial charge in [-0.1, -0.05) is 60.7 Å². The lowest BCUT2D eigenvalue weighted by atomic mass is 10.1. The van der Waals surface area contributed by atoms with Gasteiger partial charge in [-0.3, -0.25) is 4.90 Å². The Labute approximate surface area is 156 Å². The molecule has 1 unspecified atom stereocenters. The van der Waals surface area contributed by atoms with Gasteiger partial charge in [0.2, 0.25) is 0 Å². The van der Waals surface area contributed by atoms with Crippen molar-refractivity contribution < 1.29 is 0 Å². The quantitative estimate of drug-likeness (QED) is 0.691. The Balaban J connectivity index is 0.00000208. The highest BCUT2D eigenvalue weighted by molar-refractivity contribution is 6.20. The predicted octanol–water partition coefficient (Wildman–Crippen LogP) is 4.60. The maximum Gasteiger partial charge on any atom is 0.0597 e. The standard InChI is InChI=1S/C20H25ClN2.ClH/c21-20(19-9-5-2-6-10-19)11-12-22-13-15-23(16-14-22)17-18-7-3-1-4-8-18;/h1-10,20H,11-17H2;1H. The van der Waals surface area contributed by atoms with E-state index in [-0.39, 0.29) is 17.8 Å². The van der Waals surface area contributed by atoms with Crippen molar-refractivity contribution >= 4 is 24.0 Å². The van der Waals surface area contributed by atoms with Crippen LogP contribution in [0.4, 0.5) is 0 Å². The number of hydrogen-bond donors (Lipinski definition) is 0. The third-order valence-corrected chi connectivity index (χ3v) is 5.04. The van der Waals surface area contributed by atoms with Crippen LogP contribution in [0.2, 0.25) is 0 Å². The minimum Gasteiger partial charge on any atom is -0.301 e. The molecule has 1 aliphatic heterocycles. The van der Waals surface area contributed by atoms with Crippen molar-refractivity contribution in [1.29, 1.82) is 0 Å². The zero-order chi connectivity index (χ0) is 15.9. The molecule has 1 aliphatic rings. The monoisotopic (exact) mass is 364 g/mol. The highest BCUT2D eigenvalue weighted by atomic mass is 35.5. The molecule has 1 saturated heterocycles. The second-order valence-corrected chi connectivity index (χ2v) is 6.80. The zero-order valence-corrected chi connectivity index (χ0v) is 15.6. The molecule has 1 heterocycles. The first-order chi connectivity index (χ1) is 11.3. The summed E-state index contributed by atoms with van der Waals surface area (Å²) in [5, 5.41) is 0.124. The van der Waals surface area contributed by atoms with Crippen LogP contribution in [0, 0.1) is 0 Å². The van der Waals surface area contributed by atoms with Crippen molar-refractivity contribution in [2.24, 2.45) is 0 Å². The molecule has 1 atom stereocenters. The summed E-state index contributed by atoms with van der Waals surface area (Å²) in [5.74, 6) is 0. The van der Waals surface area contributed by atoms with E-state index >= 15 is 0 Å². The number of alkyl halides is 1. The number of benzene rings is 2. The van der Waals surface area contributed by atoms with Crippen LogP contribution in [-0.2, 0) is 6.54 Å². The van der Waals surface area contributed by atoms with E-state index < -0.39 is 0 Å². The van der Waals surface area contributed by atoms with E-state index in [1.165, 1.54) is 11.1 Å². The molecule has 0 amide bonds. The zero-order valence-electron chi connectivity index (χ0n) is 14.0. The summed E-state index contributed by atoms with van der Waals surface area (Å²) in [5.41, 5.74) is 2.64. The normalized spacial score (nSPS) is 17.2. The van der Waals surface area contributed by atoms with E-state index in [0.717, 1.165) is 45.7 Å². The van der Waals surface area contributed by atoms with E-state index in [2.05, 4.69) is 64.4 Å². The Morgan fingerprint density at radius 3 is 1.96 bits per heavy atom. The largest absolute Gasteiger partial charge is 0.301 e. The van der Waals surface area contributed by atoms with E-state index in [9.17, 15) is 0 Å². The number of halogens is 2. The van der Waals surface area contributed by atoms with Crippen LogP contribution >= 0.6 is 24.0 Å². The molecule has 2 aromatic carbocycles. The molecular weight excluding hydrogens is 339 g/mol. The van der Waals surface area contributed by atoms with Crippen molar-refractivity contribution in [3.05, 3.63) is 71.8 Å². The highest BCUT2D eigenvalue weighted by Crippen LogP contribution is 2.24. The van der Waals surface area contributed by atoms with Crippen molar-refractivity contribution in [1.82, 2.24) is 9.80 Å². The average Bonchev–Trinajstić information content (AvgIpc) is 2.62. The molecule has 0 radical (unpaired) electrons. The maximum atomic E-state index is 6.52. The van der Waals surface area contributed by atoms with Gasteiger partial charge in [-0.25, -0.2) is 0 Å². The van der Waals surface area contributed by atoms with Gasteiger partial charge in [0.05, 0.1) is 5.38 Å². The SMILES string of the molecule is Cl.ClC(CCN1CCN(Cc2ccccc2)CC1)c1ccccc1. The summed E-state index contributed by atoms with van der Waals surface area (Å²) >= 11 is 6.52. The van der Waals surface area contributed by atoms with Crippen LogP contribution in [0.3, 0.4) is 0 Å². The second kappa shape index (κ2) is 10.0. The molecule has 0 bridgehead atoms. The molecule has 4 heteroatoms. The number of piperazine rings is 1. The van der Waals surface area contributed by atoms with Gasteiger partial charge >= 0.3 is 0 Å². The molecule has 0 saturated carbocycles. The fourth-order valence-corrected chi connectivity index (χ4v) is 3.38. The van der Waals surface area contributed by atoms with Gasteiger partial charge in [-0.05, 0) is 24.1 Å². The Morgan fingerprint density at radius 1 is 0.792 bits per heavy atom. The van der Waals surface area contributed by atoms with Crippen molar-refractivity contribution in [3.63, 3.8) is 0 Å². The summed E-state index contributed by atoms with van der Waals surface area (Å²) in [6.07, 6.45) is 1.02. The molecule has 130 valence electrons. The maximum absolute atomic E-state index is 6.52. The number of hydrogen-bond acceptors (Lipinski definition) is 2. The van der Waals surface area contributed by atoms with Crippen molar-refractivity contribution in [2.45, 2.75) is 18.3 Å². The lowest BCUT2D eigenvalue weighted by Gasteiger charge is -2.35. The topological polar surface area (TPSA) is 6.48 Å². The number of rotatable bonds is 6. The minimum absolute atomic E-state index is 0. The van der Waals surface area contributed by atoms with Crippen LogP contribution in [0.1, 0.15) is 22.9 Å². The summed E-state index contributed by atoms with van der Waals surface area (Å²) in [4.78, 5) is 5.08. The van der Waals surface area contributed by atoms with Crippen molar-refractivity contribution in [3.8, 4) is 0 Å². The Bertz CT molecular complexity index is 569. The highest BCUT2D eigenvalue weighted by Gasteiger charge is 2.18. The Kier molecular flexibility index (Phi) is 8.07. The van der Waals surface area contributed by atoms with E-state index in [1.807, 2.05) is 6.07 Å². The average molecular weight is 365 g/mol. The summed E-state index contributed by atoms with van der Waals surface area (Å²) in [6.45, 7) is 6.73. The summed E-state index contributed by atoms with van der Waals surface area (Å²) < 4.78 is 0. The molecule has 2 nitrogen and oxygen atoms in total.